The van der Waals surface area contributed by atoms with Crippen LogP contribution in [0.5, 0.6) is 0 Å². The first-order valence-corrected chi connectivity index (χ1v) is 7.09. The van der Waals surface area contributed by atoms with Gasteiger partial charge in [-0.2, -0.15) is 0 Å². The summed E-state index contributed by atoms with van der Waals surface area (Å²) in [7, 11) is 0. The highest BCUT2D eigenvalue weighted by Crippen LogP contribution is 2.11. The zero-order chi connectivity index (χ0) is 15.0. The first kappa shape index (κ1) is 16.3. The van der Waals surface area contributed by atoms with Crippen molar-refractivity contribution in [1.82, 2.24) is 5.32 Å². The Morgan fingerprint density at radius 1 is 1.45 bits per heavy atom. The van der Waals surface area contributed by atoms with E-state index >= 15 is 0 Å². The van der Waals surface area contributed by atoms with Gasteiger partial charge in [0.1, 0.15) is 6.61 Å². The third-order valence-electron chi connectivity index (χ3n) is 3.16. The Labute approximate surface area is 121 Å². The van der Waals surface area contributed by atoms with Gasteiger partial charge in [-0.05, 0) is 38.0 Å². The van der Waals surface area contributed by atoms with Crippen molar-refractivity contribution in [2.45, 2.75) is 46.1 Å². The van der Waals surface area contributed by atoms with E-state index in [4.69, 9.17) is 5.11 Å². The molecule has 0 aliphatic carbocycles. The van der Waals surface area contributed by atoms with Gasteiger partial charge in [-0.25, -0.2) is 0 Å². The van der Waals surface area contributed by atoms with Gasteiger partial charge in [0.2, 0.25) is 0 Å². The van der Waals surface area contributed by atoms with Gasteiger partial charge in [0.15, 0.2) is 0 Å². The SMILES string of the molecule is CCCCC(C)NC(=O)c1cc(C#CCO)ccc1C. The van der Waals surface area contributed by atoms with Crippen LogP contribution in [0.1, 0.15) is 54.6 Å². The molecule has 1 amide bonds. The second-order valence-corrected chi connectivity index (χ2v) is 5.01. The van der Waals surface area contributed by atoms with Gasteiger partial charge < -0.3 is 10.4 Å². The largest absolute Gasteiger partial charge is 0.384 e. The van der Waals surface area contributed by atoms with Gasteiger partial charge in [0.25, 0.3) is 5.91 Å². The summed E-state index contributed by atoms with van der Waals surface area (Å²) in [5.41, 5.74) is 2.33. The maximum Gasteiger partial charge on any atom is 0.251 e. The van der Waals surface area contributed by atoms with Crippen LogP contribution in [0.15, 0.2) is 18.2 Å². The number of hydrogen-bond donors (Lipinski definition) is 2. The van der Waals surface area contributed by atoms with Crippen molar-refractivity contribution in [3.05, 3.63) is 34.9 Å². The summed E-state index contributed by atoms with van der Waals surface area (Å²) in [4.78, 5) is 12.3. The molecule has 1 rings (SSSR count). The molecule has 3 nitrogen and oxygen atoms in total. The monoisotopic (exact) mass is 273 g/mol. The molecule has 1 aromatic rings. The number of aryl methyl sites for hydroxylation is 1. The number of hydrogen-bond acceptors (Lipinski definition) is 2. The van der Waals surface area contributed by atoms with E-state index in [1.54, 1.807) is 6.07 Å². The Hall–Kier alpha value is -1.79. The summed E-state index contributed by atoms with van der Waals surface area (Å²) in [6.45, 7) is 5.90. The van der Waals surface area contributed by atoms with E-state index in [1.165, 1.54) is 0 Å². The minimum absolute atomic E-state index is 0.0567. The average molecular weight is 273 g/mol. The van der Waals surface area contributed by atoms with E-state index in [1.807, 2.05) is 26.0 Å². The molecule has 20 heavy (non-hydrogen) atoms. The fourth-order valence-corrected chi connectivity index (χ4v) is 1.97. The first-order chi connectivity index (χ1) is 9.58. The highest BCUT2D eigenvalue weighted by Gasteiger charge is 2.12. The predicted molar refractivity (Wildman–Crippen MR) is 81.6 cm³/mol. The maximum atomic E-state index is 12.3. The predicted octanol–water partition coefficient (Wildman–Crippen LogP) is 2.65. The van der Waals surface area contributed by atoms with Crippen molar-refractivity contribution in [3.8, 4) is 11.8 Å². The molecule has 3 heteroatoms. The van der Waals surface area contributed by atoms with E-state index < -0.39 is 0 Å². The number of nitrogens with one attached hydrogen (secondary N) is 1. The number of carbonyl (C=O) groups excluding carboxylic acids is 1. The number of carbonyl (C=O) groups is 1. The molecular weight excluding hydrogens is 250 g/mol. The highest BCUT2D eigenvalue weighted by molar-refractivity contribution is 5.96. The molecule has 0 heterocycles. The minimum Gasteiger partial charge on any atom is -0.384 e. The maximum absolute atomic E-state index is 12.3. The minimum atomic E-state index is -0.177. The third kappa shape index (κ3) is 5.07. The van der Waals surface area contributed by atoms with Crippen molar-refractivity contribution in [2.24, 2.45) is 0 Å². The summed E-state index contributed by atoms with van der Waals surface area (Å²) >= 11 is 0. The van der Waals surface area contributed by atoms with E-state index in [0.29, 0.717) is 5.56 Å². The molecule has 1 aromatic carbocycles. The molecule has 0 bridgehead atoms. The van der Waals surface area contributed by atoms with Crippen LogP contribution in [-0.4, -0.2) is 23.7 Å². The summed E-state index contributed by atoms with van der Waals surface area (Å²) in [5.74, 6) is 5.36. The van der Waals surface area contributed by atoms with Crippen LogP contribution in [0.25, 0.3) is 0 Å². The smallest absolute Gasteiger partial charge is 0.251 e. The molecule has 0 fully saturated rings. The quantitative estimate of drug-likeness (QED) is 0.810. The lowest BCUT2D eigenvalue weighted by molar-refractivity contribution is 0.0937. The topological polar surface area (TPSA) is 49.3 Å². The van der Waals surface area contributed by atoms with Crippen LogP contribution in [0, 0.1) is 18.8 Å². The van der Waals surface area contributed by atoms with Crippen LogP contribution in [0.2, 0.25) is 0 Å². The van der Waals surface area contributed by atoms with E-state index in [0.717, 1.165) is 30.4 Å². The highest BCUT2D eigenvalue weighted by atomic mass is 16.2. The summed E-state index contributed by atoms with van der Waals surface area (Å²) in [6, 6.07) is 5.69. The number of rotatable bonds is 5. The first-order valence-electron chi connectivity index (χ1n) is 7.09. The van der Waals surface area contributed by atoms with E-state index in [2.05, 4.69) is 24.1 Å². The van der Waals surface area contributed by atoms with Crippen LogP contribution in [0.3, 0.4) is 0 Å². The molecule has 2 N–H and O–H groups in total. The molecule has 0 radical (unpaired) electrons. The fourth-order valence-electron chi connectivity index (χ4n) is 1.97. The van der Waals surface area contributed by atoms with E-state index in [9.17, 15) is 4.79 Å². The van der Waals surface area contributed by atoms with E-state index in [-0.39, 0.29) is 18.6 Å². The molecule has 0 aliphatic heterocycles. The Morgan fingerprint density at radius 2 is 2.20 bits per heavy atom. The summed E-state index contributed by atoms with van der Waals surface area (Å²) in [5, 5.41) is 11.7. The normalized spacial score (nSPS) is 11.4. The zero-order valence-electron chi connectivity index (χ0n) is 12.5. The molecule has 0 saturated carbocycles. The van der Waals surface area contributed by atoms with Gasteiger partial charge in [0, 0.05) is 17.2 Å². The third-order valence-corrected chi connectivity index (χ3v) is 3.16. The van der Waals surface area contributed by atoms with Crippen LogP contribution in [0.4, 0.5) is 0 Å². The fraction of sp³-hybridized carbons (Fsp3) is 0.471. The number of aliphatic hydroxyl groups excluding tert-OH is 1. The molecule has 108 valence electrons. The molecule has 0 spiro atoms. The summed E-state index contributed by atoms with van der Waals surface area (Å²) < 4.78 is 0. The number of amides is 1. The standard InChI is InChI=1S/C17H23NO2/c1-4-5-7-14(3)18-17(20)16-12-15(8-6-11-19)10-9-13(16)2/h9-10,12,14,19H,4-5,7,11H2,1-3H3,(H,18,20). The van der Waals surface area contributed by atoms with Gasteiger partial charge in [-0.1, -0.05) is 37.7 Å². The Kier molecular flexibility index (Phi) is 6.83. The zero-order valence-corrected chi connectivity index (χ0v) is 12.5. The summed E-state index contributed by atoms with van der Waals surface area (Å²) in [6.07, 6.45) is 3.24. The molecule has 1 atom stereocenters. The number of benzene rings is 1. The lowest BCUT2D eigenvalue weighted by Crippen LogP contribution is -2.32. The molecule has 1 unspecified atom stereocenters. The second-order valence-electron chi connectivity index (χ2n) is 5.01. The van der Waals surface area contributed by atoms with Crippen molar-refractivity contribution < 1.29 is 9.90 Å². The Morgan fingerprint density at radius 3 is 2.85 bits per heavy atom. The number of aliphatic hydroxyl groups is 1. The van der Waals surface area contributed by atoms with Crippen LogP contribution < -0.4 is 5.32 Å². The average Bonchev–Trinajstić information content (AvgIpc) is 2.44. The lowest BCUT2D eigenvalue weighted by Gasteiger charge is -2.14. The Bertz CT molecular complexity index is 511. The number of unbranched alkanes of at least 4 members (excludes halogenated alkanes) is 1. The van der Waals surface area contributed by atoms with Crippen LogP contribution in [-0.2, 0) is 0 Å². The van der Waals surface area contributed by atoms with Gasteiger partial charge in [-0.15, -0.1) is 0 Å². The van der Waals surface area contributed by atoms with Crippen molar-refractivity contribution in [3.63, 3.8) is 0 Å². The molecule has 0 saturated heterocycles. The van der Waals surface area contributed by atoms with Crippen LogP contribution >= 0.6 is 0 Å². The van der Waals surface area contributed by atoms with Crippen molar-refractivity contribution in [2.75, 3.05) is 6.61 Å². The Balaban J connectivity index is 2.81. The van der Waals surface area contributed by atoms with Gasteiger partial charge in [0.05, 0.1) is 0 Å². The molecule has 0 aliphatic rings. The van der Waals surface area contributed by atoms with Crippen molar-refractivity contribution in [1.29, 1.82) is 0 Å². The second kappa shape index (κ2) is 8.39. The van der Waals surface area contributed by atoms with Gasteiger partial charge in [-0.3, -0.25) is 4.79 Å². The molecular formula is C17H23NO2. The molecule has 0 aromatic heterocycles. The van der Waals surface area contributed by atoms with Crippen molar-refractivity contribution >= 4 is 5.91 Å². The lowest BCUT2D eigenvalue weighted by atomic mass is 10.0. The van der Waals surface area contributed by atoms with Gasteiger partial charge >= 0.3 is 0 Å².